The number of nitrogens with one attached hydrogen (secondary N) is 2. The van der Waals surface area contributed by atoms with E-state index in [9.17, 15) is 0 Å². The van der Waals surface area contributed by atoms with E-state index in [1.54, 1.807) is 12.4 Å². The molecule has 0 aliphatic heterocycles. The fourth-order valence-electron chi connectivity index (χ4n) is 2.55. The van der Waals surface area contributed by atoms with Crippen LogP contribution in [-0.2, 0) is 6.54 Å². The Morgan fingerprint density at radius 2 is 1.80 bits per heavy atom. The van der Waals surface area contributed by atoms with E-state index in [4.69, 9.17) is 0 Å². The van der Waals surface area contributed by atoms with Crippen molar-refractivity contribution in [3.63, 3.8) is 0 Å². The minimum atomic E-state index is 0.261. The first kappa shape index (κ1) is 16.9. The zero-order valence-corrected chi connectivity index (χ0v) is 14.8. The smallest absolute Gasteiger partial charge is 0.225 e. The number of benzene rings is 1. The van der Waals surface area contributed by atoms with Gasteiger partial charge in [0.15, 0.2) is 0 Å². The molecule has 0 unspecified atom stereocenters. The molecular formula is C20H23N5. The van der Waals surface area contributed by atoms with Gasteiger partial charge in [-0.2, -0.15) is 4.98 Å². The van der Waals surface area contributed by atoms with Crippen LogP contribution in [0, 0.1) is 6.92 Å². The summed E-state index contributed by atoms with van der Waals surface area (Å²) in [5, 5.41) is 6.69. The highest BCUT2D eigenvalue weighted by molar-refractivity contribution is 5.64. The van der Waals surface area contributed by atoms with E-state index in [-0.39, 0.29) is 6.04 Å². The lowest BCUT2D eigenvalue weighted by Gasteiger charge is -2.13. The Bertz CT molecular complexity index is 830. The lowest BCUT2D eigenvalue weighted by atomic mass is 10.1. The summed E-state index contributed by atoms with van der Waals surface area (Å²) < 4.78 is 0. The lowest BCUT2D eigenvalue weighted by Crippen LogP contribution is -2.14. The van der Waals surface area contributed by atoms with Crippen molar-refractivity contribution in [2.24, 2.45) is 0 Å². The van der Waals surface area contributed by atoms with E-state index in [1.807, 2.05) is 18.2 Å². The maximum atomic E-state index is 4.62. The maximum absolute atomic E-state index is 4.62. The molecule has 0 bridgehead atoms. The summed E-state index contributed by atoms with van der Waals surface area (Å²) in [5.41, 5.74) is 4.36. The van der Waals surface area contributed by atoms with Crippen LogP contribution in [0.1, 0.15) is 25.0 Å². The normalized spacial score (nSPS) is 10.7. The van der Waals surface area contributed by atoms with Gasteiger partial charge in [0.1, 0.15) is 5.82 Å². The number of hydrogen-bond donors (Lipinski definition) is 2. The van der Waals surface area contributed by atoms with Crippen LogP contribution in [0.15, 0.2) is 54.9 Å². The molecule has 3 aromatic rings. The van der Waals surface area contributed by atoms with Gasteiger partial charge in [0, 0.05) is 36.6 Å². The molecule has 0 saturated heterocycles. The van der Waals surface area contributed by atoms with Crippen molar-refractivity contribution < 1.29 is 0 Å². The van der Waals surface area contributed by atoms with Gasteiger partial charge in [0.25, 0.3) is 0 Å². The second kappa shape index (κ2) is 7.75. The molecule has 0 atom stereocenters. The largest absolute Gasteiger partial charge is 0.366 e. The quantitative estimate of drug-likeness (QED) is 0.705. The van der Waals surface area contributed by atoms with Crippen LogP contribution in [0.5, 0.6) is 0 Å². The monoisotopic (exact) mass is 333 g/mol. The maximum Gasteiger partial charge on any atom is 0.225 e. The second-order valence-electron chi connectivity index (χ2n) is 6.34. The van der Waals surface area contributed by atoms with Gasteiger partial charge in [-0.1, -0.05) is 29.8 Å². The van der Waals surface area contributed by atoms with E-state index >= 15 is 0 Å². The highest BCUT2D eigenvalue weighted by atomic mass is 15.1. The Labute approximate surface area is 148 Å². The molecule has 5 nitrogen and oxygen atoms in total. The first-order valence-corrected chi connectivity index (χ1v) is 8.45. The predicted molar refractivity (Wildman–Crippen MR) is 103 cm³/mol. The molecule has 0 fully saturated rings. The van der Waals surface area contributed by atoms with Gasteiger partial charge in [-0.3, -0.25) is 4.98 Å². The van der Waals surface area contributed by atoms with Crippen LogP contribution in [0.4, 0.5) is 11.8 Å². The van der Waals surface area contributed by atoms with Gasteiger partial charge >= 0.3 is 0 Å². The molecule has 128 valence electrons. The zero-order valence-electron chi connectivity index (χ0n) is 14.8. The molecule has 3 rings (SSSR count). The Balaban J connectivity index is 1.86. The Morgan fingerprint density at radius 1 is 1.00 bits per heavy atom. The van der Waals surface area contributed by atoms with Crippen molar-refractivity contribution in [1.29, 1.82) is 0 Å². The third-order valence-electron chi connectivity index (χ3n) is 3.68. The summed E-state index contributed by atoms with van der Waals surface area (Å²) in [6.45, 7) is 6.96. The van der Waals surface area contributed by atoms with Crippen LogP contribution in [-0.4, -0.2) is 21.0 Å². The number of hydrogen-bond acceptors (Lipinski definition) is 5. The lowest BCUT2D eigenvalue weighted by molar-refractivity contribution is 0.874. The summed E-state index contributed by atoms with van der Waals surface area (Å²) in [5.74, 6) is 1.42. The Hall–Kier alpha value is -2.95. The Morgan fingerprint density at radius 3 is 2.52 bits per heavy atom. The average Bonchev–Trinajstić information content (AvgIpc) is 2.60. The highest BCUT2D eigenvalue weighted by Crippen LogP contribution is 2.21. The van der Waals surface area contributed by atoms with E-state index in [1.165, 1.54) is 11.1 Å². The van der Waals surface area contributed by atoms with Crippen LogP contribution in [0.2, 0.25) is 0 Å². The molecule has 0 saturated carbocycles. The van der Waals surface area contributed by atoms with Crippen molar-refractivity contribution in [3.05, 3.63) is 66.0 Å². The SMILES string of the molecule is Cc1cccc(CNc2cc(-c3ccncc3)nc(NC(C)C)n2)c1. The Kier molecular flexibility index (Phi) is 5.23. The summed E-state index contributed by atoms with van der Waals surface area (Å²) in [4.78, 5) is 13.3. The van der Waals surface area contributed by atoms with E-state index in [2.05, 4.69) is 70.6 Å². The third-order valence-corrected chi connectivity index (χ3v) is 3.68. The number of rotatable bonds is 6. The van der Waals surface area contributed by atoms with Gasteiger partial charge in [-0.25, -0.2) is 4.98 Å². The first-order chi connectivity index (χ1) is 12.1. The van der Waals surface area contributed by atoms with E-state index in [0.717, 1.165) is 23.6 Å². The molecule has 0 spiro atoms. The fraction of sp³-hybridized carbons (Fsp3) is 0.250. The second-order valence-corrected chi connectivity index (χ2v) is 6.34. The predicted octanol–water partition coefficient (Wildman–Crippen LogP) is 4.28. The van der Waals surface area contributed by atoms with Gasteiger partial charge in [-0.05, 0) is 38.5 Å². The van der Waals surface area contributed by atoms with Gasteiger partial charge < -0.3 is 10.6 Å². The molecule has 1 aromatic carbocycles. The number of nitrogens with zero attached hydrogens (tertiary/aromatic N) is 3. The minimum Gasteiger partial charge on any atom is -0.366 e. The summed E-state index contributed by atoms with van der Waals surface area (Å²) >= 11 is 0. The van der Waals surface area contributed by atoms with E-state index < -0.39 is 0 Å². The summed E-state index contributed by atoms with van der Waals surface area (Å²) in [6.07, 6.45) is 3.54. The van der Waals surface area contributed by atoms with Crippen molar-refractivity contribution in [1.82, 2.24) is 15.0 Å². The molecule has 5 heteroatoms. The fourth-order valence-corrected chi connectivity index (χ4v) is 2.55. The topological polar surface area (TPSA) is 62.7 Å². The molecular weight excluding hydrogens is 310 g/mol. The van der Waals surface area contributed by atoms with Crippen molar-refractivity contribution in [2.45, 2.75) is 33.4 Å². The van der Waals surface area contributed by atoms with Crippen molar-refractivity contribution in [3.8, 4) is 11.3 Å². The van der Waals surface area contributed by atoms with Gasteiger partial charge in [0.2, 0.25) is 5.95 Å². The minimum absolute atomic E-state index is 0.261. The summed E-state index contributed by atoms with van der Waals surface area (Å²) in [6, 6.07) is 14.6. The number of anilines is 2. The first-order valence-electron chi connectivity index (χ1n) is 8.45. The molecule has 2 aromatic heterocycles. The highest BCUT2D eigenvalue weighted by Gasteiger charge is 2.08. The van der Waals surface area contributed by atoms with Gasteiger partial charge in [0.05, 0.1) is 5.69 Å². The summed E-state index contributed by atoms with van der Waals surface area (Å²) in [7, 11) is 0. The van der Waals surface area contributed by atoms with E-state index in [0.29, 0.717) is 5.95 Å². The van der Waals surface area contributed by atoms with Crippen LogP contribution in [0.3, 0.4) is 0 Å². The average molecular weight is 333 g/mol. The van der Waals surface area contributed by atoms with Crippen molar-refractivity contribution >= 4 is 11.8 Å². The molecule has 0 radical (unpaired) electrons. The zero-order chi connectivity index (χ0) is 17.6. The number of aryl methyl sites for hydroxylation is 1. The molecule has 25 heavy (non-hydrogen) atoms. The van der Waals surface area contributed by atoms with Crippen molar-refractivity contribution in [2.75, 3.05) is 10.6 Å². The van der Waals surface area contributed by atoms with Crippen LogP contribution in [0.25, 0.3) is 11.3 Å². The molecule has 2 heterocycles. The molecule has 0 aliphatic rings. The molecule has 0 aliphatic carbocycles. The van der Waals surface area contributed by atoms with Crippen LogP contribution >= 0.6 is 0 Å². The molecule has 0 amide bonds. The molecule has 2 N–H and O–H groups in total. The third kappa shape index (κ3) is 4.76. The van der Waals surface area contributed by atoms with Gasteiger partial charge in [-0.15, -0.1) is 0 Å². The standard InChI is InChI=1S/C20H23N5/c1-14(2)23-20-24-18(17-7-9-21-10-8-17)12-19(25-20)22-13-16-6-4-5-15(3)11-16/h4-12,14H,13H2,1-3H3,(H2,22,23,24,25). The van der Waals surface area contributed by atoms with Crippen LogP contribution < -0.4 is 10.6 Å². The number of aromatic nitrogens is 3. The number of pyridine rings is 1.